The van der Waals surface area contributed by atoms with E-state index in [0.29, 0.717) is 30.7 Å². The molecule has 3 N–H and O–H groups in total. The highest BCUT2D eigenvalue weighted by Crippen LogP contribution is 2.23. The fourth-order valence-electron chi connectivity index (χ4n) is 2.76. The number of imidazole rings is 1. The third kappa shape index (κ3) is 2.25. The van der Waals surface area contributed by atoms with Gasteiger partial charge in [0.2, 0.25) is 5.91 Å². The number of amides is 2. The molecule has 0 aromatic carbocycles. The number of pyridine rings is 1. The van der Waals surface area contributed by atoms with Gasteiger partial charge in [-0.1, -0.05) is 6.07 Å². The number of hydrogen-bond acceptors (Lipinski definition) is 4. The average molecular weight is 288 g/mol. The van der Waals surface area contributed by atoms with E-state index in [1.54, 1.807) is 22.7 Å². The van der Waals surface area contributed by atoms with E-state index in [1.165, 1.54) is 11.1 Å². The molecule has 1 saturated heterocycles. The molecule has 2 aromatic rings. The summed E-state index contributed by atoms with van der Waals surface area (Å²) in [6.45, 7) is 0.431. The zero-order valence-electron chi connectivity index (χ0n) is 11.3. The quantitative estimate of drug-likeness (QED) is 0.819. The summed E-state index contributed by atoms with van der Waals surface area (Å²) >= 11 is 0. The van der Waals surface area contributed by atoms with Crippen LogP contribution in [-0.4, -0.2) is 43.8 Å². The Labute approximate surface area is 121 Å². The summed E-state index contributed by atoms with van der Waals surface area (Å²) in [4.78, 5) is 29.3. The number of aliphatic hydroxyl groups is 1. The average Bonchev–Trinajstić information content (AvgIpc) is 3.12. The first-order chi connectivity index (χ1) is 10.1. The molecule has 1 fully saturated rings. The van der Waals surface area contributed by atoms with E-state index in [0.717, 1.165) is 0 Å². The summed E-state index contributed by atoms with van der Waals surface area (Å²) in [6.07, 6.45) is 3.08. The van der Waals surface area contributed by atoms with Crippen LogP contribution in [0.5, 0.6) is 0 Å². The molecule has 2 aromatic heterocycles. The second-order valence-electron chi connectivity index (χ2n) is 5.11. The molecule has 3 heterocycles. The van der Waals surface area contributed by atoms with Gasteiger partial charge in [0.15, 0.2) is 6.10 Å². The number of hydrogen-bond donors (Lipinski definition) is 2. The van der Waals surface area contributed by atoms with E-state index >= 15 is 0 Å². The van der Waals surface area contributed by atoms with E-state index in [4.69, 9.17) is 5.73 Å². The highest BCUT2D eigenvalue weighted by Gasteiger charge is 2.36. The Morgan fingerprint density at radius 3 is 3.00 bits per heavy atom. The van der Waals surface area contributed by atoms with Crippen molar-refractivity contribution in [3.05, 3.63) is 36.3 Å². The van der Waals surface area contributed by atoms with Gasteiger partial charge in [-0.15, -0.1) is 0 Å². The van der Waals surface area contributed by atoms with Crippen molar-refractivity contribution in [1.82, 2.24) is 14.3 Å². The first-order valence-corrected chi connectivity index (χ1v) is 6.79. The van der Waals surface area contributed by atoms with Gasteiger partial charge in [0.1, 0.15) is 11.7 Å². The summed E-state index contributed by atoms with van der Waals surface area (Å²) in [5, 5.41) is 10.3. The van der Waals surface area contributed by atoms with Crippen molar-refractivity contribution in [3.8, 4) is 0 Å². The number of likely N-dealkylation sites (tertiary alicyclic amines) is 1. The van der Waals surface area contributed by atoms with Crippen LogP contribution in [-0.2, 0) is 9.59 Å². The lowest BCUT2D eigenvalue weighted by Crippen LogP contribution is -2.45. The Balaban J connectivity index is 1.89. The maximum atomic E-state index is 12.4. The topological polar surface area (TPSA) is 101 Å². The summed E-state index contributed by atoms with van der Waals surface area (Å²) < 4.78 is 1.65. The lowest BCUT2D eigenvalue weighted by molar-refractivity contribution is -0.145. The fourth-order valence-corrected chi connectivity index (χ4v) is 2.76. The highest BCUT2D eigenvalue weighted by atomic mass is 16.3. The standard InChI is InChI=1S/C14H16N4O3/c15-13(20)9-4-3-7-18(9)14(21)12(19)10-8-16-11-5-1-2-6-17(10)11/h1-2,5-6,8-9,12,19H,3-4,7H2,(H2,15,20). The molecule has 2 amide bonds. The Hall–Kier alpha value is -2.41. The Kier molecular flexibility index (Phi) is 3.34. The van der Waals surface area contributed by atoms with E-state index in [9.17, 15) is 14.7 Å². The number of primary amides is 1. The van der Waals surface area contributed by atoms with Crippen molar-refractivity contribution < 1.29 is 14.7 Å². The van der Waals surface area contributed by atoms with Gasteiger partial charge in [0, 0.05) is 12.7 Å². The van der Waals surface area contributed by atoms with Crippen molar-refractivity contribution in [2.45, 2.75) is 25.0 Å². The molecule has 21 heavy (non-hydrogen) atoms. The van der Waals surface area contributed by atoms with Crippen molar-refractivity contribution in [1.29, 1.82) is 0 Å². The molecule has 0 bridgehead atoms. The third-order valence-electron chi connectivity index (χ3n) is 3.82. The summed E-state index contributed by atoms with van der Waals surface area (Å²) in [5.41, 5.74) is 6.33. The molecule has 1 aliphatic rings. The van der Waals surface area contributed by atoms with Gasteiger partial charge in [-0.3, -0.25) is 9.59 Å². The van der Waals surface area contributed by atoms with Crippen LogP contribution in [0.4, 0.5) is 0 Å². The van der Waals surface area contributed by atoms with Crippen LogP contribution in [0, 0.1) is 0 Å². The molecule has 1 aliphatic heterocycles. The first-order valence-electron chi connectivity index (χ1n) is 6.79. The van der Waals surface area contributed by atoms with E-state index in [1.807, 2.05) is 6.07 Å². The normalized spacial score (nSPS) is 19.9. The number of aromatic nitrogens is 2. The predicted molar refractivity (Wildman–Crippen MR) is 74.1 cm³/mol. The predicted octanol–water partition coefficient (Wildman–Crippen LogP) is -0.156. The minimum absolute atomic E-state index is 0.380. The number of rotatable bonds is 3. The van der Waals surface area contributed by atoms with Crippen molar-refractivity contribution >= 4 is 17.5 Å². The van der Waals surface area contributed by atoms with Crippen molar-refractivity contribution in [2.24, 2.45) is 5.73 Å². The fraction of sp³-hybridized carbons (Fsp3) is 0.357. The van der Waals surface area contributed by atoms with Gasteiger partial charge < -0.3 is 20.1 Å². The van der Waals surface area contributed by atoms with Crippen LogP contribution in [0.25, 0.3) is 5.65 Å². The van der Waals surface area contributed by atoms with E-state index in [-0.39, 0.29) is 0 Å². The number of carbonyl (C=O) groups is 2. The first kappa shape index (κ1) is 13.6. The van der Waals surface area contributed by atoms with Crippen molar-refractivity contribution in [2.75, 3.05) is 6.54 Å². The molecule has 110 valence electrons. The zero-order chi connectivity index (χ0) is 15.0. The van der Waals surface area contributed by atoms with Gasteiger partial charge in [-0.2, -0.15) is 0 Å². The summed E-state index contributed by atoms with van der Waals surface area (Å²) in [5.74, 6) is -1.05. The monoisotopic (exact) mass is 288 g/mol. The molecule has 0 spiro atoms. The molecule has 2 atom stereocenters. The molecule has 2 unspecified atom stereocenters. The minimum Gasteiger partial charge on any atom is -0.377 e. The molecular weight excluding hydrogens is 272 g/mol. The largest absolute Gasteiger partial charge is 0.377 e. The smallest absolute Gasteiger partial charge is 0.258 e. The van der Waals surface area contributed by atoms with Crippen LogP contribution in [0.3, 0.4) is 0 Å². The second kappa shape index (κ2) is 5.17. The third-order valence-corrected chi connectivity index (χ3v) is 3.82. The van der Waals surface area contributed by atoms with E-state index in [2.05, 4.69) is 4.98 Å². The van der Waals surface area contributed by atoms with E-state index < -0.39 is 24.0 Å². The van der Waals surface area contributed by atoms with Crippen LogP contribution < -0.4 is 5.73 Å². The number of carbonyl (C=O) groups excluding carboxylic acids is 2. The SMILES string of the molecule is NC(=O)C1CCCN1C(=O)C(O)c1cnc2ccccn12. The second-order valence-corrected chi connectivity index (χ2v) is 5.11. The highest BCUT2D eigenvalue weighted by molar-refractivity contribution is 5.89. The Bertz CT molecular complexity index is 696. The van der Waals surface area contributed by atoms with Gasteiger partial charge in [0.25, 0.3) is 5.91 Å². The molecular formula is C14H16N4O3. The lowest BCUT2D eigenvalue weighted by Gasteiger charge is -2.24. The van der Waals surface area contributed by atoms with Gasteiger partial charge >= 0.3 is 0 Å². The number of fused-ring (bicyclic) bond motifs is 1. The van der Waals surface area contributed by atoms with Gasteiger partial charge in [-0.05, 0) is 25.0 Å². The maximum Gasteiger partial charge on any atom is 0.258 e. The summed E-state index contributed by atoms with van der Waals surface area (Å²) in [6, 6.07) is 4.76. The maximum absolute atomic E-state index is 12.4. The van der Waals surface area contributed by atoms with Crippen LogP contribution in [0.1, 0.15) is 24.6 Å². The molecule has 0 aliphatic carbocycles. The van der Waals surface area contributed by atoms with Crippen LogP contribution in [0.15, 0.2) is 30.6 Å². The molecule has 0 saturated carbocycles. The molecule has 7 heteroatoms. The Morgan fingerprint density at radius 2 is 2.24 bits per heavy atom. The minimum atomic E-state index is -1.36. The van der Waals surface area contributed by atoms with Crippen LogP contribution >= 0.6 is 0 Å². The number of nitrogens with zero attached hydrogens (tertiary/aromatic N) is 3. The molecule has 0 radical (unpaired) electrons. The molecule has 3 rings (SSSR count). The van der Waals surface area contributed by atoms with Gasteiger partial charge in [-0.25, -0.2) is 4.98 Å². The van der Waals surface area contributed by atoms with Gasteiger partial charge in [0.05, 0.1) is 11.9 Å². The zero-order valence-corrected chi connectivity index (χ0v) is 11.3. The lowest BCUT2D eigenvalue weighted by atomic mass is 10.2. The number of aliphatic hydroxyl groups excluding tert-OH is 1. The summed E-state index contributed by atoms with van der Waals surface area (Å²) in [7, 11) is 0. The number of nitrogens with two attached hydrogens (primary N) is 1. The molecule has 7 nitrogen and oxygen atoms in total. The van der Waals surface area contributed by atoms with Crippen molar-refractivity contribution in [3.63, 3.8) is 0 Å². The van der Waals surface area contributed by atoms with Crippen LogP contribution in [0.2, 0.25) is 0 Å². The Morgan fingerprint density at radius 1 is 1.43 bits per heavy atom.